The normalized spacial score (nSPS) is 11.5. The van der Waals surface area contributed by atoms with E-state index in [0.717, 1.165) is 17.0 Å². The highest BCUT2D eigenvalue weighted by atomic mass is 32.1. The van der Waals surface area contributed by atoms with Crippen molar-refractivity contribution in [1.82, 2.24) is 4.98 Å². The summed E-state index contributed by atoms with van der Waals surface area (Å²) in [5.74, 6) is 0.879. The molecule has 0 saturated carbocycles. The molecule has 0 amide bonds. The van der Waals surface area contributed by atoms with Gasteiger partial charge in [0.2, 0.25) is 0 Å². The van der Waals surface area contributed by atoms with Crippen molar-refractivity contribution in [2.24, 2.45) is 0 Å². The van der Waals surface area contributed by atoms with E-state index in [1.165, 1.54) is 11.3 Å². The Morgan fingerprint density at radius 2 is 2.00 bits per heavy atom. The molecule has 4 heteroatoms. The van der Waals surface area contributed by atoms with Gasteiger partial charge in [-0.1, -0.05) is 18.2 Å². The molecule has 17 heavy (non-hydrogen) atoms. The number of ether oxygens (including phenoxy) is 1. The van der Waals surface area contributed by atoms with Gasteiger partial charge in [-0.25, -0.2) is 4.98 Å². The minimum Gasteiger partial charge on any atom is -0.496 e. The molecule has 0 fully saturated rings. The molecule has 0 atom stereocenters. The lowest BCUT2D eigenvalue weighted by Gasteiger charge is -2.25. The highest BCUT2D eigenvalue weighted by Crippen LogP contribution is 2.37. The topological polar surface area (TPSA) is 48.1 Å². The number of rotatable bonds is 3. The Hall–Kier alpha value is -1.55. The van der Waals surface area contributed by atoms with Gasteiger partial charge in [0, 0.05) is 16.4 Å². The van der Waals surface area contributed by atoms with Crippen LogP contribution >= 0.6 is 11.3 Å². The number of hydrogen-bond acceptors (Lipinski definition) is 4. The van der Waals surface area contributed by atoms with Gasteiger partial charge >= 0.3 is 0 Å². The first-order chi connectivity index (χ1) is 8.05. The van der Waals surface area contributed by atoms with E-state index in [4.69, 9.17) is 10.5 Å². The van der Waals surface area contributed by atoms with Gasteiger partial charge in [-0.15, -0.1) is 11.3 Å². The number of methoxy groups -OCH3 is 1. The van der Waals surface area contributed by atoms with Crippen LogP contribution in [0.5, 0.6) is 5.75 Å². The summed E-state index contributed by atoms with van der Waals surface area (Å²) in [5.41, 5.74) is 7.59. The Morgan fingerprint density at radius 1 is 1.29 bits per heavy atom. The van der Waals surface area contributed by atoms with Crippen LogP contribution < -0.4 is 10.5 Å². The molecule has 0 aliphatic heterocycles. The van der Waals surface area contributed by atoms with E-state index in [1.54, 1.807) is 7.11 Å². The summed E-state index contributed by atoms with van der Waals surface area (Å²) in [6, 6.07) is 8.00. The highest BCUT2D eigenvalue weighted by Gasteiger charge is 2.28. The van der Waals surface area contributed by atoms with Crippen LogP contribution in [0.4, 0.5) is 5.13 Å². The van der Waals surface area contributed by atoms with Gasteiger partial charge in [0.1, 0.15) is 5.75 Å². The summed E-state index contributed by atoms with van der Waals surface area (Å²) >= 11 is 1.47. The van der Waals surface area contributed by atoms with E-state index in [-0.39, 0.29) is 5.41 Å². The molecule has 90 valence electrons. The fourth-order valence-corrected chi connectivity index (χ4v) is 2.60. The molecule has 0 radical (unpaired) electrons. The van der Waals surface area contributed by atoms with Crippen LogP contribution in [-0.2, 0) is 5.41 Å². The molecule has 3 nitrogen and oxygen atoms in total. The number of hydrogen-bond donors (Lipinski definition) is 1. The van der Waals surface area contributed by atoms with Crippen molar-refractivity contribution in [2.45, 2.75) is 19.3 Å². The van der Waals surface area contributed by atoms with Crippen LogP contribution in [0.15, 0.2) is 29.6 Å². The highest BCUT2D eigenvalue weighted by molar-refractivity contribution is 7.13. The molecule has 0 saturated heterocycles. The van der Waals surface area contributed by atoms with Crippen molar-refractivity contribution in [3.63, 3.8) is 0 Å². The number of anilines is 1. The van der Waals surface area contributed by atoms with Crippen LogP contribution in [0, 0.1) is 0 Å². The predicted molar refractivity (Wildman–Crippen MR) is 71.6 cm³/mol. The summed E-state index contributed by atoms with van der Waals surface area (Å²) < 4.78 is 5.40. The first kappa shape index (κ1) is 11.9. The SMILES string of the molecule is COc1ccccc1C(C)(C)c1csc(N)n1. The molecule has 1 aromatic carbocycles. The van der Waals surface area contributed by atoms with Crippen LogP contribution in [0.25, 0.3) is 0 Å². The van der Waals surface area contributed by atoms with Crippen molar-refractivity contribution in [3.05, 3.63) is 40.9 Å². The first-order valence-corrected chi connectivity index (χ1v) is 6.28. The third kappa shape index (κ3) is 2.13. The Labute approximate surface area is 105 Å². The van der Waals surface area contributed by atoms with Crippen molar-refractivity contribution in [3.8, 4) is 5.75 Å². The summed E-state index contributed by atoms with van der Waals surface area (Å²) in [4.78, 5) is 4.37. The number of nitrogens with two attached hydrogens (primary N) is 1. The van der Waals surface area contributed by atoms with E-state index >= 15 is 0 Å². The fraction of sp³-hybridized carbons (Fsp3) is 0.308. The second kappa shape index (κ2) is 4.37. The quantitative estimate of drug-likeness (QED) is 0.908. The van der Waals surface area contributed by atoms with Gasteiger partial charge in [0.05, 0.1) is 12.8 Å². The predicted octanol–water partition coefficient (Wildman–Crippen LogP) is 3.06. The lowest BCUT2D eigenvalue weighted by atomic mass is 9.81. The van der Waals surface area contributed by atoms with Crippen LogP contribution in [0.3, 0.4) is 0 Å². The molecular formula is C13H16N2OS. The summed E-state index contributed by atoms with van der Waals surface area (Å²) in [5, 5.41) is 2.60. The maximum absolute atomic E-state index is 5.70. The number of para-hydroxylation sites is 1. The Morgan fingerprint density at radius 3 is 2.59 bits per heavy atom. The summed E-state index contributed by atoms with van der Waals surface area (Å²) in [7, 11) is 1.68. The molecule has 2 rings (SSSR count). The molecule has 0 aliphatic carbocycles. The second-order valence-corrected chi connectivity index (χ2v) is 5.29. The largest absolute Gasteiger partial charge is 0.496 e. The Bertz CT molecular complexity index is 520. The van der Waals surface area contributed by atoms with Crippen molar-refractivity contribution >= 4 is 16.5 Å². The zero-order valence-electron chi connectivity index (χ0n) is 10.2. The van der Waals surface area contributed by atoms with Crippen LogP contribution in [0.2, 0.25) is 0 Å². The maximum atomic E-state index is 5.70. The van der Waals surface area contributed by atoms with Crippen molar-refractivity contribution in [2.75, 3.05) is 12.8 Å². The Balaban J connectivity index is 2.50. The lowest BCUT2D eigenvalue weighted by molar-refractivity contribution is 0.400. The molecule has 2 N–H and O–H groups in total. The molecular weight excluding hydrogens is 232 g/mol. The number of thiazole rings is 1. The number of nitrogen functional groups attached to an aromatic ring is 1. The number of nitrogens with zero attached hydrogens (tertiary/aromatic N) is 1. The average molecular weight is 248 g/mol. The summed E-state index contributed by atoms with van der Waals surface area (Å²) in [6.45, 7) is 4.25. The van der Waals surface area contributed by atoms with E-state index in [2.05, 4.69) is 24.9 Å². The zero-order chi connectivity index (χ0) is 12.5. The van der Waals surface area contributed by atoms with Crippen LogP contribution in [-0.4, -0.2) is 12.1 Å². The summed E-state index contributed by atoms with van der Waals surface area (Å²) in [6.07, 6.45) is 0. The minimum atomic E-state index is -0.208. The van der Waals surface area contributed by atoms with Gasteiger partial charge in [-0.05, 0) is 19.9 Å². The number of benzene rings is 1. The average Bonchev–Trinajstić information content (AvgIpc) is 2.76. The van der Waals surface area contributed by atoms with Gasteiger partial charge in [-0.3, -0.25) is 0 Å². The molecule has 1 heterocycles. The first-order valence-electron chi connectivity index (χ1n) is 5.40. The third-order valence-corrected chi connectivity index (χ3v) is 3.62. The second-order valence-electron chi connectivity index (χ2n) is 4.40. The zero-order valence-corrected chi connectivity index (χ0v) is 11.0. The van der Waals surface area contributed by atoms with Gasteiger partial charge in [0.15, 0.2) is 5.13 Å². The van der Waals surface area contributed by atoms with E-state index < -0.39 is 0 Å². The monoisotopic (exact) mass is 248 g/mol. The molecule has 0 unspecified atom stereocenters. The van der Waals surface area contributed by atoms with E-state index in [9.17, 15) is 0 Å². The molecule has 0 bridgehead atoms. The molecule has 0 spiro atoms. The molecule has 1 aromatic heterocycles. The lowest BCUT2D eigenvalue weighted by Crippen LogP contribution is -2.20. The molecule has 0 aliphatic rings. The van der Waals surface area contributed by atoms with Crippen molar-refractivity contribution in [1.29, 1.82) is 0 Å². The minimum absolute atomic E-state index is 0.208. The Kier molecular flexibility index (Phi) is 3.07. The van der Waals surface area contributed by atoms with Gasteiger partial charge < -0.3 is 10.5 Å². The van der Waals surface area contributed by atoms with Gasteiger partial charge in [0.25, 0.3) is 0 Å². The van der Waals surface area contributed by atoms with Crippen molar-refractivity contribution < 1.29 is 4.74 Å². The standard InChI is InChI=1S/C13H16N2OS/c1-13(2,11-8-17-12(14)15-11)9-6-4-5-7-10(9)16-3/h4-8H,1-3H3,(H2,14,15). The van der Waals surface area contributed by atoms with E-state index in [0.29, 0.717) is 5.13 Å². The molecule has 2 aromatic rings. The smallest absolute Gasteiger partial charge is 0.180 e. The van der Waals surface area contributed by atoms with Crippen LogP contribution in [0.1, 0.15) is 25.1 Å². The van der Waals surface area contributed by atoms with Gasteiger partial charge in [-0.2, -0.15) is 0 Å². The van der Waals surface area contributed by atoms with E-state index in [1.807, 2.05) is 23.6 Å². The maximum Gasteiger partial charge on any atom is 0.180 e. The third-order valence-electron chi connectivity index (χ3n) is 2.94. The fourth-order valence-electron chi connectivity index (χ4n) is 1.87. The number of aromatic nitrogens is 1.